The first kappa shape index (κ1) is 17.6. The van der Waals surface area contributed by atoms with Gasteiger partial charge in [-0.2, -0.15) is 4.98 Å². The summed E-state index contributed by atoms with van der Waals surface area (Å²) in [5, 5.41) is 3.17. The Morgan fingerprint density at radius 2 is 2.20 bits per heavy atom. The molecule has 0 saturated carbocycles. The highest BCUT2D eigenvalue weighted by molar-refractivity contribution is 5.44. The fourth-order valence-corrected chi connectivity index (χ4v) is 3.03. The predicted molar refractivity (Wildman–Crippen MR) is 95.7 cm³/mol. The van der Waals surface area contributed by atoms with Gasteiger partial charge in [0.25, 0.3) is 0 Å². The maximum atomic E-state index is 5.62. The zero-order valence-electron chi connectivity index (χ0n) is 15.3. The minimum Gasteiger partial charge on any atom is -0.444 e. The molecule has 0 amide bonds. The molecule has 2 aromatic heterocycles. The van der Waals surface area contributed by atoms with Gasteiger partial charge in [-0.3, -0.25) is 0 Å². The smallest absolute Gasteiger partial charge is 0.225 e. The second-order valence-electron chi connectivity index (χ2n) is 6.38. The van der Waals surface area contributed by atoms with Crippen LogP contribution in [-0.2, 0) is 17.7 Å². The van der Waals surface area contributed by atoms with E-state index in [1.54, 1.807) is 19.5 Å². The van der Waals surface area contributed by atoms with Crippen LogP contribution in [0.1, 0.15) is 18.6 Å². The maximum Gasteiger partial charge on any atom is 0.225 e. The van der Waals surface area contributed by atoms with Crippen LogP contribution < -0.4 is 10.2 Å². The molecule has 136 valence electrons. The molecule has 1 saturated heterocycles. The van der Waals surface area contributed by atoms with E-state index in [1.165, 1.54) is 0 Å². The number of anilines is 2. The molecule has 1 fully saturated rings. The van der Waals surface area contributed by atoms with E-state index >= 15 is 0 Å². The fourth-order valence-electron chi connectivity index (χ4n) is 3.03. The SMILES string of the molecule is CCc1cnc(CNc2nccc(N3C[C@@H](OC)[C@@H](N(C)C)C3)n2)o1. The standard InChI is InChI=1S/C17H26N6O2/c1-5-12-8-19-16(25-12)9-20-17-18-7-6-15(21-17)23-10-13(22(2)3)14(11-23)24-4/h6-8,13-14H,5,9-11H2,1-4H3,(H,18,20,21)/t13-,14+/m0/s1. The van der Waals surface area contributed by atoms with E-state index in [-0.39, 0.29) is 6.10 Å². The average Bonchev–Trinajstić information content (AvgIpc) is 3.27. The minimum absolute atomic E-state index is 0.168. The van der Waals surface area contributed by atoms with Crippen LogP contribution in [0.3, 0.4) is 0 Å². The maximum absolute atomic E-state index is 5.62. The van der Waals surface area contributed by atoms with Crippen molar-refractivity contribution >= 4 is 11.8 Å². The van der Waals surface area contributed by atoms with Crippen LogP contribution in [0, 0.1) is 0 Å². The molecule has 8 nitrogen and oxygen atoms in total. The van der Waals surface area contributed by atoms with Crippen LogP contribution in [0.15, 0.2) is 22.9 Å². The quantitative estimate of drug-likeness (QED) is 0.806. The Labute approximate surface area is 148 Å². The van der Waals surface area contributed by atoms with E-state index in [0.29, 0.717) is 24.4 Å². The molecule has 1 N–H and O–H groups in total. The molecule has 2 atom stereocenters. The van der Waals surface area contributed by atoms with Gasteiger partial charge in [0.2, 0.25) is 11.8 Å². The molecule has 0 radical (unpaired) electrons. The summed E-state index contributed by atoms with van der Waals surface area (Å²) in [6, 6.07) is 2.27. The number of aryl methyl sites for hydroxylation is 1. The Morgan fingerprint density at radius 1 is 1.36 bits per heavy atom. The zero-order valence-corrected chi connectivity index (χ0v) is 15.3. The Morgan fingerprint density at radius 3 is 2.84 bits per heavy atom. The van der Waals surface area contributed by atoms with Gasteiger partial charge in [0.15, 0.2) is 0 Å². The number of hydrogen-bond donors (Lipinski definition) is 1. The van der Waals surface area contributed by atoms with Crippen molar-refractivity contribution in [3.63, 3.8) is 0 Å². The van der Waals surface area contributed by atoms with Gasteiger partial charge in [0.1, 0.15) is 11.6 Å². The molecule has 1 aliphatic rings. The monoisotopic (exact) mass is 346 g/mol. The number of nitrogens with one attached hydrogen (secondary N) is 1. The van der Waals surface area contributed by atoms with Gasteiger partial charge >= 0.3 is 0 Å². The lowest BCUT2D eigenvalue weighted by Crippen LogP contribution is -2.39. The summed E-state index contributed by atoms with van der Waals surface area (Å²) in [6.45, 7) is 4.19. The van der Waals surface area contributed by atoms with Gasteiger partial charge in [-0.25, -0.2) is 9.97 Å². The number of methoxy groups -OCH3 is 1. The molecule has 0 aromatic carbocycles. The van der Waals surface area contributed by atoms with Crippen molar-refractivity contribution in [3.8, 4) is 0 Å². The lowest BCUT2D eigenvalue weighted by molar-refractivity contribution is 0.0639. The first-order chi connectivity index (χ1) is 12.1. The highest BCUT2D eigenvalue weighted by atomic mass is 16.5. The molecule has 0 aliphatic carbocycles. The van der Waals surface area contributed by atoms with Crippen LogP contribution >= 0.6 is 0 Å². The van der Waals surface area contributed by atoms with Crippen LogP contribution in [0.25, 0.3) is 0 Å². The molecule has 0 bridgehead atoms. The van der Waals surface area contributed by atoms with E-state index in [9.17, 15) is 0 Å². The second-order valence-corrected chi connectivity index (χ2v) is 6.38. The molecule has 3 rings (SSSR count). The molecule has 2 aromatic rings. The van der Waals surface area contributed by atoms with Crippen molar-refractivity contribution in [2.45, 2.75) is 32.0 Å². The van der Waals surface area contributed by atoms with Gasteiger partial charge in [-0.05, 0) is 20.2 Å². The molecular weight excluding hydrogens is 320 g/mol. The number of nitrogens with zero attached hydrogens (tertiary/aromatic N) is 5. The van der Waals surface area contributed by atoms with Crippen molar-refractivity contribution in [2.75, 3.05) is 44.5 Å². The summed E-state index contributed by atoms with van der Waals surface area (Å²) in [7, 11) is 5.92. The summed E-state index contributed by atoms with van der Waals surface area (Å²) in [5.41, 5.74) is 0. The van der Waals surface area contributed by atoms with Crippen molar-refractivity contribution in [3.05, 3.63) is 30.1 Å². The number of oxazole rings is 1. The van der Waals surface area contributed by atoms with E-state index < -0.39 is 0 Å². The van der Waals surface area contributed by atoms with Crippen LogP contribution in [0.2, 0.25) is 0 Å². The van der Waals surface area contributed by atoms with Crippen LogP contribution in [0.5, 0.6) is 0 Å². The Balaban J connectivity index is 1.65. The summed E-state index contributed by atoms with van der Waals surface area (Å²) in [6.07, 6.45) is 4.52. The van der Waals surface area contributed by atoms with Gasteiger partial charge in [0, 0.05) is 32.8 Å². The molecule has 0 spiro atoms. The number of likely N-dealkylation sites (N-methyl/N-ethyl adjacent to an activating group) is 1. The van der Waals surface area contributed by atoms with Crippen molar-refractivity contribution < 1.29 is 9.15 Å². The van der Waals surface area contributed by atoms with Crippen LogP contribution in [0.4, 0.5) is 11.8 Å². The third kappa shape index (κ3) is 4.08. The molecular formula is C17H26N6O2. The van der Waals surface area contributed by atoms with Gasteiger partial charge < -0.3 is 24.3 Å². The average molecular weight is 346 g/mol. The lowest BCUT2D eigenvalue weighted by atomic mass is 10.2. The first-order valence-electron chi connectivity index (χ1n) is 8.55. The van der Waals surface area contributed by atoms with Gasteiger partial charge in [-0.1, -0.05) is 6.92 Å². The van der Waals surface area contributed by atoms with E-state index in [1.807, 2.05) is 13.0 Å². The zero-order chi connectivity index (χ0) is 17.8. The number of aromatic nitrogens is 3. The Bertz CT molecular complexity index is 689. The van der Waals surface area contributed by atoms with Crippen molar-refractivity contribution in [1.82, 2.24) is 19.9 Å². The summed E-state index contributed by atoms with van der Waals surface area (Å²) in [5.74, 6) is 2.98. The Kier molecular flexibility index (Phi) is 5.50. The molecule has 8 heteroatoms. The van der Waals surface area contributed by atoms with Crippen LogP contribution in [-0.4, -0.2) is 66.3 Å². The molecule has 3 heterocycles. The summed E-state index contributed by atoms with van der Waals surface area (Å²) >= 11 is 0. The minimum atomic E-state index is 0.168. The van der Waals surface area contributed by atoms with E-state index in [2.05, 4.69) is 44.2 Å². The second kappa shape index (κ2) is 7.79. The van der Waals surface area contributed by atoms with Gasteiger partial charge in [-0.15, -0.1) is 0 Å². The first-order valence-corrected chi connectivity index (χ1v) is 8.55. The topological polar surface area (TPSA) is 79.5 Å². The van der Waals surface area contributed by atoms with Crippen molar-refractivity contribution in [1.29, 1.82) is 0 Å². The number of ether oxygens (including phenoxy) is 1. The lowest BCUT2D eigenvalue weighted by Gasteiger charge is -2.23. The third-order valence-electron chi connectivity index (χ3n) is 4.52. The Hall–Kier alpha value is -2.19. The molecule has 25 heavy (non-hydrogen) atoms. The van der Waals surface area contributed by atoms with Gasteiger partial charge in [0.05, 0.1) is 24.9 Å². The van der Waals surface area contributed by atoms with E-state index in [4.69, 9.17) is 9.15 Å². The molecule has 1 aliphatic heterocycles. The fraction of sp³-hybridized carbons (Fsp3) is 0.588. The van der Waals surface area contributed by atoms with E-state index in [0.717, 1.165) is 31.1 Å². The highest BCUT2D eigenvalue weighted by Gasteiger charge is 2.34. The highest BCUT2D eigenvalue weighted by Crippen LogP contribution is 2.23. The third-order valence-corrected chi connectivity index (χ3v) is 4.52. The largest absolute Gasteiger partial charge is 0.444 e. The number of hydrogen-bond acceptors (Lipinski definition) is 8. The normalized spacial score (nSPS) is 20.4. The van der Waals surface area contributed by atoms with Crippen molar-refractivity contribution in [2.24, 2.45) is 0 Å². The predicted octanol–water partition coefficient (Wildman–Crippen LogP) is 1.40. The summed E-state index contributed by atoms with van der Waals surface area (Å²) in [4.78, 5) is 17.6. The summed E-state index contributed by atoms with van der Waals surface area (Å²) < 4.78 is 11.2. The molecule has 0 unspecified atom stereocenters. The number of rotatable bonds is 7.